The van der Waals surface area contributed by atoms with Crippen LogP contribution in [0.5, 0.6) is 0 Å². The van der Waals surface area contributed by atoms with Crippen molar-refractivity contribution >= 4 is 11.2 Å². The van der Waals surface area contributed by atoms with Crippen molar-refractivity contribution in [3.05, 3.63) is 0 Å². The van der Waals surface area contributed by atoms with Crippen LogP contribution in [0.1, 0.15) is 41.5 Å². The summed E-state index contributed by atoms with van der Waals surface area (Å²) < 4.78 is 29.9. The number of hydrogen-bond acceptors (Lipinski definition) is 4. The molecular formula is C14H26O4S. The molecule has 2 rings (SSSR count). The Labute approximate surface area is 119 Å². The molecule has 2 heterocycles. The fraction of sp³-hybridized carbons (Fsp3) is 1.00. The lowest BCUT2D eigenvalue weighted by Crippen LogP contribution is -2.45. The molecule has 19 heavy (non-hydrogen) atoms. The van der Waals surface area contributed by atoms with Crippen LogP contribution in [0.3, 0.4) is 0 Å². The van der Waals surface area contributed by atoms with E-state index in [2.05, 4.69) is 0 Å². The van der Waals surface area contributed by atoms with Crippen molar-refractivity contribution < 1.29 is 18.8 Å². The Morgan fingerprint density at radius 3 is 2.11 bits per heavy atom. The molecule has 0 bridgehead atoms. The third kappa shape index (κ3) is 3.45. The van der Waals surface area contributed by atoms with Gasteiger partial charge in [-0.3, -0.25) is 0 Å². The zero-order valence-corrected chi connectivity index (χ0v) is 13.6. The summed E-state index contributed by atoms with van der Waals surface area (Å²) in [5.74, 6) is 0. The highest BCUT2D eigenvalue weighted by Crippen LogP contribution is 2.37. The first-order valence-electron chi connectivity index (χ1n) is 6.91. The molecule has 0 aliphatic carbocycles. The summed E-state index contributed by atoms with van der Waals surface area (Å²) in [5.41, 5.74) is -0.215. The van der Waals surface area contributed by atoms with E-state index in [1.165, 1.54) is 0 Å². The molecule has 0 aromatic rings. The standard InChI is InChI=1S/C14H26O4S/c1-13(2,3)18-9-7-16-12-10(8-17-11(9)12)19(15)14(4,5)6/h9-12H,7-8H2,1-6H3/t9?,10?,11-,12-,19?/m1/s1. The van der Waals surface area contributed by atoms with Crippen molar-refractivity contribution in [2.24, 2.45) is 0 Å². The van der Waals surface area contributed by atoms with Gasteiger partial charge in [-0.15, -0.1) is 0 Å². The second kappa shape index (κ2) is 5.19. The van der Waals surface area contributed by atoms with Gasteiger partial charge in [0.2, 0.25) is 0 Å². The maximum Gasteiger partial charge on any atom is 0.167 e. The largest absolute Gasteiger partial charge is 0.616 e. The van der Waals surface area contributed by atoms with Crippen molar-refractivity contribution in [2.45, 2.75) is 75.5 Å². The third-order valence-electron chi connectivity index (χ3n) is 3.35. The average Bonchev–Trinajstić information content (AvgIpc) is 2.76. The topological polar surface area (TPSA) is 50.8 Å². The van der Waals surface area contributed by atoms with Crippen LogP contribution in [0.25, 0.3) is 0 Å². The summed E-state index contributed by atoms with van der Waals surface area (Å²) in [5, 5.41) is -0.0430. The lowest BCUT2D eigenvalue weighted by Gasteiger charge is -2.30. The molecule has 2 aliphatic heterocycles. The summed E-state index contributed by atoms with van der Waals surface area (Å²) in [6.07, 6.45) is -0.213. The molecule has 4 nitrogen and oxygen atoms in total. The molecular weight excluding hydrogens is 264 g/mol. The second-order valence-corrected chi connectivity index (χ2v) is 9.74. The van der Waals surface area contributed by atoms with Gasteiger partial charge in [0.15, 0.2) is 5.25 Å². The van der Waals surface area contributed by atoms with Gasteiger partial charge in [0.1, 0.15) is 23.1 Å². The lowest BCUT2D eigenvalue weighted by atomic mass is 10.1. The number of fused-ring (bicyclic) bond motifs is 1. The third-order valence-corrected chi connectivity index (χ3v) is 5.51. The fourth-order valence-corrected chi connectivity index (χ4v) is 4.21. The highest BCUT2D eigenvalue weighted by molar-refractivity contribution is 7.93. The number of ether oxygens (including phenoxy) is 3. The Hall–Kier alpha value is 0.190. The second-order valence-electron chi connectivity index (χ2n) is 7.31. The van der Waals surface area contributed by atoms with Gasteiger partial charge in [0.05, 0.1) is 18.8 Å². The van der Waals surface area contributed by atoms with Gasteiger partial charge in [0, 0.05) is 0 Å². The minimum Gasteiger partial charge on any atom is -0.616 e. The molecule has 2 aliphatic rings. The Balaban J connectivity index is 2.02. The summed E-state index contributed by atoms with van der Waals surface area (Å²) in [4.78, 5) is 0. The molecule has 5 heteroatoms. The quantitative estimate of drug-likeness (QED) is 0.729. The van der Waals surface area contributed by atoms with Gasteiger partial charge in [-0.05, 0) is 52.7 Å². The summed E-state index contributed by atoms with van der Waals surface area (Å²) in [6.45, 7) is 13.1. The van der Waals surface area contributed by atoms with E-state index in [1.54, 1.807) is 0 Å². The summed E-state index contributed by atoms with van der Waals surface area (Å²) >= 11 is -0.967. The first-order chi connectivity index (χ1) is 8.59. The van der Waals surface area contributed by atoms with Gasteiger partial charge in [-0.1, -0.05) is 0 Å². The maximum atomic E-state index is 12.5. The molecule has 0 spiro atoms. The van der Waals surface area contributed by atoms with Gasteiger partial charge >= 0.3 is 0 Å². The van der Waals surface area contributed by atoms with Crippen LogP contribution in [-0.2, 0) is 25.4 Å². The van der Waals surface area contributed by atoms with Crippen LogP contribution in [0.15, 0.2) is 0 Å². The van der Waals surface area contributed by atoms with Gasteiger partial charge < -0.3 is 18.8 Å². The van der Waals surface area contributed by atoms with Crippen molar-refractivity contribution in [2.75, 3.05) is 13.2 Å². The Kier molecular flexibility index (Phi) is 4.25. The van der Waals surface area contributed by atoms with E-state index in [0.717, 1.165) is 0 Å². The summed E-state index contributed by atoms with van der Waals surface area (Å²) in [6, 6.07) is 0. The zero-order valence-electron chi connectivity index (χ0n) is 12.8. The normalized spacial score (nSPS) is 37.4. The SMILES string of the molecule is CC(C)(C)OC1CO[C@@H]2C([S+]([O-])C(C)(C)C)CO[C@H]12. The van der Waals surface area contributed by atoms with E-state index in [-0.39, 0.29) is 33.9 Å². The molecule has 0 saturated carbocycles. The minimum absolute atomic E-state index is 0.0430. The molecule has 0 amide bonds. The highest BCUT2D eigenvalue weighted by atomic mass is 32.2. The Morgan fingerprint density at radius 2 is 1.58 bits per heavy atom. The average molecular weight is 290 g/mol. The van der Waals surface area contributed by atoms with Crippen LogP contribution in [0.4, 0.5) is 0 Å². The molecule has 0 aromatic heterocycles. The first kappa shape index (κ1) is 15.6. The van der Waals surface area contributed by atoms with Crippen LogP contribution in [-0.4, -0.2) is 51.7 Å². The molecule has 2 fully saturated rings. The number of rotatable bonds is 2. The van der Waals surface area contributed by atoms with Gasteiger partial charge in [0.25, 0.3) is 0 Å². The Morgan fingerprint density at radius 1 is 1.00 bits per heavy atom. The van der Waals surface area contributed by atoms with Crippen molar-refractivity contribution in [3.63, 3.8) is 0 Å². The predicted molar refractivity (Wildman–Crippen MR) is 75.8 cm³/mol. The lowest BCUT2D eigenvalue weighted by molar-refractivity contribution is -0.102. The summed E-state index contributed by atoms with van der Waals surface area (Å²) in [7, 11) is 0. The van der Waals surface area contributed by atoms with Gasteiger partial charge in [-0.2, -0.15) is 0 Å². The van der Waals surface area contributed by atoms with Crippen LogP contribution in [0, 0.1) is 0 Å². The molecule has 112 valence electrons. The molecule has 5 atom stereocenters. The smallest absolute Gasteiger partial charge is 0.167 e. The number of hydrogen-bond donors (Lipinski definition) is 0. The van der Waals surface area contributed by atoms with Crippen molar-refractivity contribution in [1.29, 1.82) is 0 Å². The van der Waals surface area contributed by atoms with Crippen molar-refractivity contribution in [3.8, 4) is 0 Å². The molecule has 0 N–H and O–H groups in total. The maximum absolute atomic E-state index is 12.5. The van der Waals surface area contributed by atoms with E-state index >= 15 is 0 Å². The predicted octanol–water partition coefficient (Wildman–Crippen LogP) is 1.88. The van der Waals surface area contributed by atoms with E-state index in [4.69, 9.17) is 14.2 Å². The van der Waals surface area contributed by atoms with Crippen molar-refractivity contribution in [1.82, 2.24) is 0 Å². The fourth-order valence-electron chi connectivity index (χ4n) is 2.62. The Bertz CT molecular complexity index is 320. The van der Waals surface area contributed by atoms with E-state index in [1.807, 2.05) is 41.5 Å². The van der Waals surface area contributed by atoms with E-state index in [0.29, 0.717) is 13.2 Å². The first-order valence-corrected chi connectivity index (χ1v) is 8.12. The molecule has 0 aromatic carbocycles. The highest BCUT2D eigenvalue weighted by Gasteiger charge is 2.55. The van der Waals surface area contributed by atoms with Crippen LogP contribution in [0.2, 0.25) is 0 Å². The van der Waals surface area contributed by atoms with E-state index in [9.17, 15) is 4.55 Å². The molecule has 0 radical (unpaired) electrons. The van der Waals surface area contributed by atoms with Crippen LogP contribution < -0.4 is 0 Å². The van der Waals surface area contributed by atoms with Crippen LogP contribution >= 0.6 is 0 Å². The monoisotopic (exact) mass is 290 g/mol. The molecule has 3 unspecified atom stereocenters. The zero-order chi connectivity index (χ0) is 14.4. The molecule has 2 saturated heterocycles. The van der Waals surface area contributed by atoms with Gasteiger partial charge in [-0.25, -0.2) is 0 Å². The van der Waals surface area contributed by atoms with E-state index < -0.39 is 11.2 Å². The minimum atomic E-state index is -0.967.